The third-order valence-electron chi connectivity index (χ3n) is 2.32. The molecule has 0 unspecified atom stereocenters. The summed E-state index contributed by atoms with van der Waals surface area (Å²) in [7, 11) is 0. The number of rotatable bonds is 2. The highest BCUT2D eigenvalue weighted by molar-refractivity contribution is 7.10. The molecule has 1 N–H and O–H groups in total. The van der Waals surface area contributed by atoms with E-state index in [9.17, 15) is 9.50 Å². The third kappa shape index (κ3) is 2.08. The number of hydrogen-bond acceptors (Lipinski definition) is 2. The lowest BCUT2D eigenvalue weighted by Gasteiger charge is -2.09. The summed E-state index contributed by atoms with van der Waals surface area (Å²) >= 11 is 1.46. The monoisotopic (exact) mass is 222 g/mol. The number of benzene rings is 1. The van der Waals surface area contributed by atoms with E-state index in [1.165, 1.54) is 17.4 Å². The molecule has 0 radical (unpaired) electrons. The molecule has 1 heterocycles. The van der Waals surface area contributed by atoms with Gasteiger partial charge in [0.25, 0.3) is 0 Å². The Balaban J connectivity index is 2.34. The molecule has 1 aromatic carbocycles. The van der Waals surface area contributed by atoms with Crippen molar-refractivity contribution in [2.75, 3.05) is 0 Å². The van der Waals surface area contributed by atoms with Gasteiger partial charge in [0.15, 0.2) is 0 Å². The van der Waals surface area contributed by atoms with Crippen LogP contribution in [-0.4, -0.2) is 5.11 Å². The van der Waals surface area contributed by atoms with Gasteiger partial charge in [-0.2, -0.15) is 0 Å². The summed E-state index contributed by atoms with van der Waals surface area (Å²) in [6, 6.07) is 8.53. The van der Waals surface area contributed by atoms with Gasteiger partial charge in [0.05, 0.1) is 0 Å². The topological polar surface area (TPSA) is 20.2 Å². The minimum Gasteiger partial charge on any atom is -0.383 e. The van der Waals surface area contributed by atoms with Crippen LogP contribution in [0.1, 0.15) is 22.1 Å². The molecule has 0 bridgehead atoms. The summed E-state index contributed by atoms with van der Waals surface area (Å²) in [5.41, 5.74) is 1.19. The van der Waals surface area contributed by atoms with Crippen molar-refractivity contribution in [1.29, 1.82) is 0 Å². The first-order valence-electron chi connectivity index (χ1n) is 4.66. The van der Waals surface area contributed by atoms with Crippen LogP contribution in [0.3, 0.4) is 0 Å². The molecule has 0 aliphatic rings. The maximum absolute atomic E-state index is 13.3. The second-order valence-electron chi connectivity index (χ2n) is 3.43. The van der Waals surface area contributed by atoms with Crippen LogP contribution < -0.4 is 0 Å². The SMILES string of the molecule is Cc1ccc([C@@H](O)c2cccs2)cc1F. The Bertz CT molecular complexity index is 451. The highest BCUT2D eigenvalue weighted by Crippen LogP contribution is 2.26. The molecule has 0 spiro atoms. The van der Waals surface area contributed by atoms with Crippen molar-refractivity contribution < 1.29 is 9.50 Å². The summed E-state index contributed by atoms with van der Waals surface area (Å²) in [4.78, 5) is 0.832. The van der Waals surface area contributed by atoms with Gasteiger partial charge < -0.3 is 5.11 Å². The van der Waals surface area contributed by atoms with Crippen LogP contribution in [0, 0.1) is 12.7 Å². The maximum Gasteiger partial charge on any atom is 0.126 e. The van der Waals surface area contributed by atoms with Crippen molar-refractivity contribution in [3.63, 3.8) is 0 Å². The quantitative estimate of drug-likeness (QED) is 0.826. The van der Waals surface area contributed by atoms with E-state index in [2.05, 4.69) is 0 Å². The summed E-state index contributed by atoms with van der Waals surface area (Å²) in [6.07, 6.45) is -0.722. The Morgan fingerprint density at radius 3 is 2.73 bits per heavy atom. The maximum atomic E-state index is 13.3. The minimum absolute atomic E-state index is 0.275. The van der Waals surface area contributed by atoms with Crippen LogP contribution in [0.25, 0.3) is 0 Å². The van der Waals surface area contributed by atoms with E-state index in [4.69, 9.17) is 0 Å². The first-order chi connectivity index (χ1) is 7.18. The standard InChI is InChI=1S/C12H11FOS/c1-8-4-5-9(7-10(8)13)12(14)11-3-2-6-15-11/h2-7,12,14H,1H3/t12-/m1/s1. The van der Waals surface area contributed by atoms with Crippen molar-refractivity contribution in [1.82, 2.24) is 0 Å². The van der Waals surface area contributed by atoms with Crippen LogP contribution in [-0.2, 0) is 0 Å². The Hall–Kier alpha value is -1.19. The smallest absolute Gasteiger partial charge is 0.126 e. The molecule has 78 valence electrons. The van der Waals surface area contributed by atoms with E-state index in [-0.39, 0.29) is 5.82 Å². The zero-order chi connectivity index (χ0) is 10.8. The van der Waals surface area contributed by atoms with Gasteiger partial charge in [0, 0.05) is 4.88 Å². The zero-order valence-corrected chi connectivity index (χ0v) is 9.09. The highest BCUT2D eigenvalue weighted by atomic mass is 32.1. The predicted molar refractivity (Wildman–Crippen MR) is 59.5 cm³/mol. The van der Waals surface area contributed by atoms with Crippen LogP contribution >= 0.6 is 11.3 Å². The first kappa shape index (κ1) is 10.3. The summed E-state index contributed by atoms with van der Waals surface area (Å²) in [5.74, 6) is -0.275. The van der Waals surface area contributed by atoms with Crippen LogP contribution in [0.2, 0.25) is 0 Å². The van der Waals surface area contributed by atoms with Gasteiger partial charge >= 0.3 is 0 Å². The molecule has 2 rings (SSSR count). The Labute approximate surface area is 91.8 Å². The Kier molecular flexibility index (Phi) is 2.84. The lowest BCUT2D eigenvalue weighted by Crippen LogP contribution is -1.98. The zero-order valence-electron chi connectivity index (χ0n) is 8.27. The minimum atomic E-state index is -0.722. The van der Waals surface area contributed by atoms with E-state index in [1.807, 2.05) is 17.5 Å². The van der Waals surface area contributed by atoms with Crippen molar-refractivity contribution in [2.45, 2.75) is 13.0 Å². The number of aryl methyl sites for hydroxylation is 1. The van der Waals surface area contributed by atoms with E-state index in [0.717, 1.165) is 4.88 Å². The molecule has 0 aliphatic carbocycles. The number of aliphatic hydroxyl groups is 1. The molecule has 0 saturated heterocycles. The van der Waals surface area contributed by atoms with Gasteiger partial charge in [0.2, 0.25) is 0 Å². The third-order valence-corrected chi connectivity index (χ3v) is 3.25. The van der Waals surface area contributed by atoms with Gasteiger partial charge in [-0.3, -0.25) is 0 Å². The van der Waals surface area contributed by atoms with Crippen molar-refractivity contribution in [2.24, 2.45) is 0 Å². The number of thiophene rings is 1. The lowest BCUT2D eigenvalue weighted by molar-refractivity contribution is 0.223. The fourth-order valence-electron chi connectivity index (χ4n) is 1.39. The lowest BCUT2D eigenvalue weighted by atomic mass is 10.1. The molecule has 1 atom stereocenters. The molecule has 1 nitrogen and oxygen atoms in total. The second-order valence-corrected chi connectivity index (χ2v) is 4.41. The van der Waals surface area contributed by atoms with Crippen molar-refractivity contribution in [3.05, 3.63) is 57.5 Å². The molecule has 0 amide bonds. The molecule has 3 heteroatoms. The normalized spacial score (nSPS) is 12.7. The first-order valence-corrected chi connectivity index (χ1v) is 5.54. The van der Waals surface area contributed by atoms with Gasteiger partial charge in [-0.15, -0.1) is 11.3 Å². The van der Waals surface area contributed by atoms with Crippen molar-refractivity contribution in [3.8, 4) is 0 Å². The van der Waals surface area contributed by atoms with Crippen molar-refractivity contribution >= 4 is 11.3 Å². The summed E-state index contributed by atoms with van der Waals surface area (Å²) in [5, 5.41) is 11.8. The fraction of sp³-hybridized carbons (Fsp3) is 0.167. The van der Waals surface area contributed by atoms with E-state index in [0.29, 0.717) is 11.1 Å². The van der Waals surface area contributed by atoms with Crippen LogP contribution in [0.4, 0.5) is 4.39 Å². The summed E-state index contributed by atoms with van der Waals surface area (Å²) in [6.45, 7) is 1.70. The average Bonchev–Trinajstić information content (AvgIpc) is 2.74. The van der Waals surface area contributed by atoms with E-state index in [1.54, 1.807) is 19.1 Å². The van der Waals surface area contributed by atoms with Crippen LogP contribution in [0.15, 0.2) is 35.7 Å². The van der Waals surface area contributed by atoms with E-state index >= 15 is 0 Å². The molecule has 0 saturated carbocycles. The highest BCUT2D eigenvalue weighted by Gasteiger charge is 2.12. The Morgan fingerprint density at radius 1 is 1.33 bits per heavy atom. The largest absolute Gasteiger partial charge is 0.383 e. The number of aliphatic hydroxyl groups excluding tert-OH is 1. The molecule has 15 heavy (non-hydrogen) atoms. The van der Waals surface area contributed by atoms with Crippen LogP contribution in [0.5, 0.6) is 0 Å². The van der Waals surface area contributed by atoms with Gasteiger partial charge in [-0.1, -0.05) is 18.2 Å². The second kappa shape index (κ2) is 4.13. The predicted octanol–water partition coefficient (Wildman–Crippen LogP) is 3.28. The average molecular weight is 222 g/mol. The van der Waals surface area contributed by atoms with Gasteiger partial charge in [-0.05, 0) is 35.6 Å². The molecular weight excluding hydrogens is 211 g/mol. The number of halogens is 1. The molecule has 1 aromatic heterocycles. The Morgan fingerprint density at radius 2 is 2.13 bits per heavy atom. The molecule has 0 fully saturated rings. The van der Waals surface area contributed by atoms with E-state index < -0.39 is 6.10 Å². The molecule has 0 aliphatic heterocycles. The van der Waals surface area contributed by atoms with Gasteiger partial charge in [-0.25, -0.2) is 4.39 Å². The van der Waals surface area contributed by atoms with Gasteiger partial charge in [0.1, 0.15) is 11.9 Å². The molecular formula is C12H11FOS. The molecule has 2 aromatic rings. The fourth-order valence-corrected chi connectivity index (χ4v) is 2.13. The summed E-state index contributed by atoms with van der Waals surface area (Å²) < 4.78 is 13.3. The number of hydrogen-bond donors (Lipinski definition) is 1.